The summed E-state index contributed by atoms with van der Waals surface area (Å²) in [5.41, 5.74) is 7.06. The quantitative estimate of drug-likeness (QED) is 0.200. The van der Waals surface area contributed by atoms with E-state index in [9.17, 15) is 29.7 Å². The van der Waals surface area contributed by atoms with Gasteiger partial charge in [0.25, 0.3) is 0 Å². The van der Waals surface area contributed by atoms with Crippen LogP contribution in [0.1, 0.15) is 53.5 Å². The van der Waals surface area contributed by atoms with E-state index in [0.29, 0.717) is 16.8 Å². The van der Waals surface area contributed by atoms with Crippen molar-refractivity contribution >= 4 is 23.5 Å². The Balaban J connectivity index is 2.07. The molecule has 5 atom stereocenters. The number of hydrogen-bond donors (Lipinski definition) is 7. The molecular formula is C26H34N4O7. The molecule has 9 N–H and O–H groups in total. The highest BCUT2D eigenvalue weighted by molar-refractivity contribution is 5.95. The molecule has 0 unspecified atom stereocenters. The Morgan fingerprint density at radius 2 is 1.78 bits per heavy atom. The summed E-state index contributed by atoms with van der Waals surface area (Å²) in [7, 11) is 0. The number of amides is 2. The van der Waals surface area contributed by atoms with Gasteiger partial charge < -0.3 is 42.2 Å². The molecule has 1 fully saturated rings. The number of ether oxygens (including phenoxy) is 1. The number of ketones is 1. The highest BCUT2D eigenvalue weighted by Crippen LogP contribution is 2.49. The van der Waals surface area contributed by atoms with Crippen LogP contribution >= 0.6 is 0 Å². The van der Waals surface area contributed by atoms with Crippen LogP contribution in [0.5, 0.6) is 5.75 Å². The molecule has 2 aromatic rings. The first-order valence-electron chi connectivity index (χ1n) is 11.8. The molecule has 0 aliphatic heterocycles. The van der Waals surface area contributed by atoms with Gasteiger partial charge in [0.05, 0.1) is 17.6 Å². The zero-order chi connectivity index (χ0) is 27.8. The maximum atomic E-state index is 12.9. The normalized spacial score (nSPS) is 28.9. The minimum atomic E-state index is -2.27. The molecule has 1 aliphatic rings. The number of aliphatic hydroxyl groups is 2. The standard InChI is InChI=1S/C26H34N4O7/c1-5-25(30-23(28)34)20(27)21(29-17-10-7-9-16(12-17)15(3)31)26(36,24(25,4)35)13-37-22(33)19-14(2)8-6-11-18(19)32/h6-12,20-21,29,32,35-36H,5,13,27H2,1-4H3,(H3,28,30,34)/t20-,21-,24+,25-,26+/m1/s1. The number of phenols is 1. The van der Waals surface area contributed by atoms with Crippen LogP contribution in [0.15, 0.2) is 42.5 Å². The number of aromatic hydroxyl groups is 1. The van der Waals surface area contributed by atoms with Crippen molar-refractivity contribution in [3.8, 4) is 5.75 Å². The molecule has 0 spiro atoms. The van der Waals surface area contributed by atoms with Crippen molar-refractivity contribution in [1.82, 2.24) is 5.32 Å². The second-order valence-electron chi connectivity index (χ2n) is 9.64. The zero-order valence-electron chi connectivity index (χ0n) is 21.2. The molecule has 11 nitrogen and oxygen atoms in total. The maximum absolute atomic E-state index is 12.9. The second-order valence-corrected chi connectivity index (χ2v) is 9.64. The third-order valence-electron chi connectivity index (χ3n) is 7.53. The Labute approximate surface area is 214 Å². The first kappa shape index (κ1) is 27.9. The number of Topliss-reactive ketones (excluding diaryl/α,β-unsaturated/α-hetero) is 1. The summed E-state index contributed by atoms with van der Waals surface area (Å²) in [5.74, 6) is -1.42. The average Bonchev–Trinajstić information content (AvgIpc) is 2.94. The van der Waals surface area contributed by atoms with Crippen molar-refractivity contribution in [3.63, 3.8) is 0 Å². The first-order chi connectivity index (χ1) is 17.2. The Bertz CT molecular complexity index is 1200. The van der Waals surface area contributed by atoms with E-state index < -0.39 is 47.4 Å². The van der Waals surface area contributed by atoms with Crippen molar-refractivity contribution in [2.75, 3.05) is 11.9 Å². The van der Waals surface area contributed by atoms with Gasteiger partial charge in [0.1, 0.15) is 23.5 Å². The number of anilines is 1. The van der Waals surface area contributed by atoms with Gasteiger partial charge in [-0.25, -0.2) is 9.59 Å². The number of carbonyl (C=O) groups is 3. The van der Waals surface area contributed by atoms with E-state index >= 15 is 0 Å². The SMILES string of the molecule is CC[C@@]1(NC(N)=O)[C@H](N)[C@@H](Nc2cccc(C(C)=O)c2)[C@@](O)(COC(=O)c2c(C)cccc2O)[C@@]1(C)O. The Morgan fingerprint density at radius 1 is 1.14 bits per heavy atom. The number of rotatable bonds is 8. The molecule has 1 saturated carbocycles. The predicted octanol–water partition coefficient (Wildman–Crippen LogP) is 1.18. The van der Waals surface area contributed by atoms with Crippen LogP contribution in [0.4, 0.5) is 10.5 Å². The lowest BCUT2D eigenvalue weighted by Gasteiger charge is -2.46. The number of aryl methyl sites for hydroxylation is 1. The molecular weight excluding hydrogens is 480 g/mol. The largest absolute Gasteiger partial charge is 0.507 e. The van der Waals surface area contributed by atoms with Gasteiger partial charge in [-0.2, -0.15) is 0 Å². The van der Waals surface area contributed by atoms with Gasteiger partial charge in [-0.15, -0.1) is 0 Å². The zero-order valence-corrected chi connectivity index (χ0v) is 21.2. The molecule has 200 valence electrons. The van der Waals surface area contributed by atoms with Crippen molar-refractivity contribution in [1.29, 1.82) is 0 Å². The molecule has 2 amide bonds. The van der Waals surface area contributed by atoms with E-state index in [0.717, 1.165) is 0 Å². The minimum absolute atomic E-state index is 0.0601. The fourth-order valence-corrected chi connectivity index (χ4v) is 5.30. The molecule has 0 aromatic heterocycles. The maximum Gasteiger partial charge on any atom is 0.342 e. The lowest BCUT2D eigenvalue weighted by Crippen LogP contribution is -2.72. The summed E-state index contributed by atoms with van der Waals surface area (Å²) in [6.07, 6.45) is 0.0601. The van der Waals surface area contributed by atoms with Gasteiger partial charge in [0.15, 0.2) is 11.4 Å². The third kappa shape index (κ3) is 4.61. The van der Waals surface area contributed by atoms with E-state index in [1.54, 1.807) is 50.2 Å². The van der Waals surface area contributed by atoms with Crippen LogP contribution in [-0.4, -0.2) is 68.5 Å². The summed E-state index contributed by atoms with van der Waals surface area (Å²) in [6, 6.07) is 7.62. The number of nitrogens with one attached hydrogen (secondary N) is 2. The van der Waals surface area contributed by atoms with E-state index in [1.807, 2.05) is 0 Å². The molecule has 1 aliphatic carbocycles. The van der Waals surface area contributed by atoms with Crippen LogP contribution in [0.25, 0.3) is 0 Å². The smallest absolute Gasteiger partial charge is 0.342 e. The predicted molar refractivity (Wildman–Crippen MR) is 136 cm³/mol. The molecule has 0 saturated heterocycles. The van der Waals surface area contributed by atoms with Crippen LogP contribution in [0, 0.1) is 6.92 Å². The molecule has 0 bridgehead atoms. The molecule has 0 radical (unpaired) electrons. The highest BCUT2D eigenvalue weighted by atomic mass is 16.5. The lowest BCUT2D eigenvalue weighted by atomic mass is 9.74. The summed E-state index contributed by atoms with van der Waals surface area (Å²) in [6.45, 7) is 5.19. The van der Waals surface area contributed by atoms with Gasteiger partial charge in [-0.1, -0.05) is 31.2 Å². The van der Waals surface area contributed by atoms with Gasteiger partial charge in [0, 0.05) is 11.3 Å². The second kappa shape index (κ2) is 10.0. The summed E-state index contributed by atoms with van der Waals surface area (Å²) in [4.78, 5) is 36.8. The highest BCUT2D eigenvalue weighted by Gasteiger charge is 2.73. The number of phenolic OH excluding ortho intramolecular Hbond substituents is 1. The van der Waals surface area contributed by atoms with Crippen LogP contribution < -0.4 is 22.1 Å². The molecule has 3 rings (SSSR count). The minimum Gasteiger partial charge on any atom is -0.507 e. The van der Waals surface area contributed by atoms with E-state index in [2.05, 4.69) is 10.6 Å². The number of benzene rings is 2. The van der Waals surface area contributed by atoms with E-state index in [-0.39, 0.29) is 23.5 Å². The number of carbonyl (C=O) groups excluding carboxylic acids is 3. The number of urea groups is 1. The van der Waals surface area contributed by atoms with Gasteiger partial charge in [-0.3, -0.25) is 4.79 Å². The number of esters is 1. The van der Waals surface area contributed by atoms with Gasteiger partial charge >= 0.3 is 12.0 Å². The Hall–Kier alpha value is -3.67. The molecule has 0 heterocycles. The van der Waals surface area contributed by atoms with Crippen molar-refractivity contribution in [2.45, 2.75) is 62.9 Å². The third-order valence-corrected chi connectivity index (χ3v) is 7.53. The van der Waals surface area contributed by atoms with Crippen LogP contribution in [0.3, 0.4) is 0 Å². The average molecular weight is 515 g/mol. The topological polar surface area (TPSA) is 197 Å². The Kier molecular flexibility index (Phi) is 7.54. The molecule has 2 aromatic carbocycles. The fraction of sp³-hybridized carbons (Fsp3) is 0.423. The van der Waals surface area contributed by atoms with Crippen molar-refractivity contribution in [3.05, 3.63) is 59.2 Å². The van der Waals surface area contributed by atoms with Gasteiger partial charge in [-0.05, 0) is 51.0 Å². The van der Waals surface area contributed by atoms with Crippen LogP contribution in [-0.2, 0) is 4.74 Å². The van der Waals surface area contributed by atoms with Crippen molar-refractivity contribution < 1.29 is 34.4 Å². The van der Waals surface area contributed by atoms with Crippen LogP contribution in [0.2, 0.25) is 0 Å². The monoisotopic (exact) mass is 514 g/mol. The summed E-state index contributed by atoms with van der Waals surface area (Å²) < 4.78 is 5.43. The number of nitrogens with two attached hydrogens (primary N) is 2. The molecule has 11 heteroatoms. The van der Waals surface area contributed by atoms with E-state index in [4.69, 9.17) is 16.2 Å². The van der Waals surface area contributed by atoms with Crippen molar-refractivity contribution in [2.24, 2.45) is 11.5 Å². The number of primary amides is 1. The lowest BCUT2D eigenvalue weighted by molar-refractivity contribution is -0.171. The van der Waals surface area contributed by atoms with Gasteiger partial charge in [0.2, 0.25) is 0 Å². The summed E-state index contributed by atoms with van der Waals surface area (Å²) >= 11 is 0. The number of hydrogen-bond acceptors (Lipinski definition) is 9. The first-order valence-corrected chi connectivity index (χ1v) is 11.8. The molecule has 37 heavy (non-hydrogen) atoms. The summed E-state index contributed by atoms with van der Waals surface area (Å²) in [5, 5.41) is 39.5. The fourth-order valence-electron chi connectivity index (χ4n) is 5.30. The Morgan fingerprint density at radius 3 is 2.35 bits per heavy atom. The van der Waals surface area contributed by atoms with E-state index in [1.165, 1.54) is 19.9 Å².